The van der Waals surface area contributed by atoms with Gasteiger partial charge in [-0.3, -0.25) is 19.2 Å². The number of hydrogen-bond acceptors (Lipinski definition) is 8. The molecule has 8 heteroatoms. The highest BCUT2D eigenvalue weighted by Crippen LogP contribution is 2.46. The van der Waals surface area contributed by atoms with Gasteiger partial charge in [0, 0.05) is 32.6 Å². The molecule has 1 heterocycles. The van der Waals surface area contributed by atoms with Crippen molar-refractivity contribution < 1.29 is 38.1 Å². The first-order chi connectivity index (χ1) is 12.6. The molecule has 1 fully saturated rings. The van der Waals surface area contributed by atoms with E-state index in [0.29, 0.717) is 6.42 Å². The molecule has 1 aliphatic carbocycles. The lowest BCUT2D eigenvalue weighted by atomic mass is 9.65. The first-order valence-corrected chi connectivity index (χ1v) is 8.92. The van der Waals surface area contributed by atoms with Gasteiger partial charge >= 0.3 is 17.9 Å². The van der Waals surface area contributed by atoms with E-state index >= 15 is 0 Å². The summed E-state index contributed by atoms with van der Waals surface area (Å²) in [6, 6.07) is 0. The monoisotopic (exact) mass is 382 g/mol. The first-order valence-electron chi connectivity index (χ1n) is 8.92. The molecule has 150 valence electrons. The molecule has 0 saturated carbocycles. The zero-order valence-corrected chi connectivity index (χ0v) is 16.2. The fourth-order valence-corrected chi connectivity index (χ4v) is 4.06. The van der Waals surface area contributed by atoms with Crippen LogP contribution < -0.4 is 0 Å². The zero-order valence-electron chi connectivity index (χ0n) is 16.2. The van der Waals surface area contributed by atoms with Gasteiger partial charge in [0.25, 0.3) is 0 Å². The Morgan fingerprint density at radius 2 is 1.67 bits per heavy atom. The Labute approximate surface area is 158 Å². The van der Waals surface area contributed by atoms with Crippen LogP contribution in [0.1, 0.15) is 41.0 Å². The highest BCUT2D eigenvalue weighted by atomic mass is 16.7. The van der Waals surface area contributed by atoms with E-state index in [4.69, 9.17) is 18.9 Å². The van der Waals surface area contributed by atoms with Gasteiger partial charge in [-0.05, 0) is 26.2 Å². The van der Waals surface area contributed by atoms with Crippen molar-refractivity contribution in [2.24, 2.45) is 17.8 Å². The lowest BCUT2D eigenvalue weighted by Gasteiger charge is -2.49. The number of carbonyl (C=O) groups is 4. The molecule has 27 heavy (non-hydrogen) atoms. The summed E-state index contributed by atoms with van der Waals surface area (Å²) in [6.45, 7) is 7.04. The van der Waals surface area contributed by atoms with Crippen LogP contribution in [0, 0.1) is 17.8 Å². The number of rotatable bonds is 5. The lowest BCUT2D eigenvalue weighted by molar-refractivity contribution is -0.279. The number of ether oxygens (including phenoxy) is 4. The van der Waals surface area contributed by atoms with E-state index in [1.807, 2.05) is 13.0 Å². The molecule has 0 radical (unpaired) electrons. The van der Waals surface area contributed by atoms with Gasteiger partial charge in [0.05, 0.1) is 6.10 Å². The minimum atomic E-state index is -1.18. The number of esters is 3. The summed E-state index contributed by atoms with van der Waals surface area (Å²) < 4.78 is 21.7. The average molecular weight is 382 g/mol. The Bertz CT molecular complexity index is 652. The first kappa shape index (κ1) is 21.1. The Hall–Kier alpha value is -2.22. The zero-order chi connectivity index (χ0) is 20.3. The predicted molar refractivity (Wildman–Crippen MR) is 92.1 cm³/mol. The molecule has 0 bridgehead atoms. The summed E-state index contributed by atoms with van der Waals surface area (Å²) in [5.74, 6) is -2.91. The standard InChI is InChI=1S/C19H26O8/c1-9-6-7-14-15(8-24-11(3)21)27-19(26-13(5)23)18(25-12(4)22)17(14)16(9)10(2)20/h6,14-19H,7-8H2,1-5H3/t14-,15-,16-,17+,18+,19?/m1/s1. The van der Waals surface area contributed by atoms with Crippen LogP contribution in [0.2, 0.25) is 0 Å². The Morgan fingerprint density at radius 3 is 2.19 bits per heavy atom. The van der Waals surface area contributed by atoms with Gasteiger partial charge in [-0.25, -0.2) is 0 Å². The van der Waals surface area contributed by atoms with Crippen molar-refractivity contribution in [2.75, 3.05) is 6.61 Å². The van der Waals surface area contributed by atoms with Crippen LogP contribution in [0.25, 0.3) is 0 Å². The maximum absolute atomic E-state index is 12.4. The molecule has 0 N–H and O–H groups in total. The molecule has 1 unspecified atom stereocenters. The maximum atomic E-state index is 12.4. The predicted octanol–water partition coefficient (Wildman–Crippen LogP) is 1.56. The molecule has 2 aliphatic rings. The van der Waals surface area contributed by atoms with Gasteiger partial charge in [-0.15, -0.1) is 0 Å². The molecule has 0 spiro atoms. The molecule has 1 saturated heterocycles. The Morgan fingerprint density at radius 1 is 1.04 bits per heavy atom. The molecule has 0 aromatic carbocycles. The average Bonchev–Trinajstić information content (AvgIpc) is 2.53. The van der Waals surface area contributed by atoms with Crippen LogP contribution in [0.4, 0.5) is 0 Å². The van der Waals surface area contributed by atoms with Crippen molar-refractivity contribution in [1.29, 1.82) is 0 Å². The fraction of sp³-hybridized carbons (Fsp3) is 0.684. The van der Waals surface area contributed by atoms with Crippen molar-refractivity contribution in [3.63, 3.8) is 0 Å². The van der Waals surface area contributed by atoms with E-state index < -0.39 is 48.2 Å². The number of carbonyl (C=O) groups excluding carboxylic acids is 4. The quantitative estimate of drug-likeness (QED) is 0.401. The molecule has 6 atom stereocenters. The molecular weight excluding hydrogens is 356 g/mol. The minimum Gasteiger partial charge on any atom is -0.463 e. The molecular formula is C19H26O8. The van der Waals surface area contributed by atoms with Gasteiger partial charge < -0.3 is 18.9 Å². The Balaban J connectivity index is 2.45. The minimum absolute atomic E-state index is 0.0431. The van der Waals surface area contributed by atoms with E-state index in [9.17, 15) is 19.2 Å². The molecule has 0 amide bonds. The second-order valence-electron chi connectivity index (χ2n) is 7.04. The van der Waals surface area contributed by atoms with Crippen molar-refractivity contribution in [2.45, 2.75) is 59.5 Å². The van der Waals surface area contributed by atoms with Gasteiger partial charge in [0.1, 0.15) is 12.4 Å². The van der Waals surface area contributed by atoms with Crippen molar-refractivity contribution in [1.82, 2.24) is 0 Å². The van der Waals surface area contributed by atoms with E-state index in [-0.39, 0.29) is 18.3 Å². The van der Waals surface area contributed by atoms with E-state index in [1.165, 1.54) is 27.7 Å². The van der Waals surface area contributed by atoms with E-state index in [2.05, 4.69) is 0 Å². The van der Waals surface area contributed by atoms with Gasteiger partial charge in [0.2, 0.25) is 6.29 Å². The van der Waals surface area contributed by atoms with E-state index in [0.717, 1.165) is 5.57 Å². The molecule has 0 aromatic heterocycles. The molecule has 1 aliphatic heterocycles. The van der Waals surface area contributed by atoms with Crippen molar-refractivity contribution >= 4 is 23.7 Å². The van der Waals surface area contributed by atoms with Crippen molar-refractivity contribution in [3.05, 3.63) is 11.6 Å². The summed E-state index contributed by atoms with van der Waals surface area (Å²) in [7, 11) is 0. The number of allylic oxidation sites excluding steroid dienone is 2. The fourth-order valence-electron chi connectivity index (χ4n) is 4.06. The van der Waals surface area contributed by atoms with Gasteiger partial charge in [-0.2, -0.15) is 0 Å². The largest absolute Gasteiger partial charge is 0.463 e. The number of Topliss-reactive ketones (excluding diaryl/α,β-unsaturated/α-hetero) is 1. The van der Waals surface area contributed by atoms with Crippen molar-refractivity contribution in [3.8, 4) is 0 Å². The smallest absolute Gasteiger partial charge is 0.305 e. The summed E-state index contributed by atoms with van der Waals surface area (Å²) in [5, 5.41) is 0. The normalized spacial score (nSPS) is 32.6. The second-order valence-corrected chi connectivity index (χ2v) is 7.04. The third kappa shape index (κ3) is 4.94. The van der Waals surface area contributed by atoms with Crippen LogP contribution in [0.5, 0.6) is 0 Å². The SMILES string of the molecule is CC(=O)OC[C@H]1OC(OC(C)=O)[C@@H](OC(C)=O)[C@@H]2[C@@H](C(C)=O)C(C)=CC[C@@H]21. The molecule has 2 rings (SSSR count). The summed E-state index contributed by atoms with van der Waals surface area (Å²) in [6.07, 6.45) is -0.185. The highest BCUT2D eigenvalue weighted by molar-refractivity contribution is 5.82. The van der Waals surface area contributed by atoms with Crippen LogP contribution >= 0.6 is 0 Å². The van der Waals surface area contributed by atoms with Gasteiger partial charge in [-0.1, -0.05) is 11.6 Å². The van der Waals surface area contributed by atoms with Crippen LogP contribution in [-0.2, 0) is 38.1 Å². The summed E-state index contributed by atoms with van der Waals surface area (Å²) >= 11 is 0. The van der Waals surface area contributed by atoms with Crippen LogP contribution in [0.3, 0.4) is 0 Å². The van der Waals surface area contributed by atoms with Crippen LogP contribution in [0.15, 0.2) is 11.6 Å². The summed E-state index contributed by atoms with van der Waals surface area (Å²) in [5.41, 5.74) is 0.871. The molecule has 8 nitrogen and oxygen atoms in total. The van der Waals surface area contributed by atoms with Crippen LogP contribution in [-0.4, -0.2) is 48.8 Å². The van der Waals surface area contributed by atoms with Gasteiger partial charge in [0.15, 0.2) is 6.10 Å². The number of ketones is 1. The number of fused-ring (bicyclic) bond motifs is 1. The lowest BCUT2D eigenvalue weighted by Crippen LogP contribution is -2.59. The van der Waals surface area contributed by atoms with E-state index in [1.54, 1.807) is 0 Å². The number of hydrogen-bond donors (Lipinski definition) is 0. The third-order valence-electron chi connectivity index (χ3n) is 4.99. The second kappa shape index (κ2) is 8.65. The summed E-state index contributed by atoms with van der Waals surface area (Å²) in [4.78, 5) is 46.9. The molecule has 0 aromatic rings. The Kier molecular flexibility index (Phi) is 6.75. The third-order valence-corrected chi connectivity index (χ3v) is 4.99. The maximum Gasteiger partial charge on any atom is 0.305 e. The highest BCUT2D eigenvalue weighted by Gasteiger charge is 2.54. The topological polar surface area (TPSA) is 105 Å².